The van der Waals surface area contributed by atoms with Gasteiger partial charge in [0, 0.05) is 25.9 Å². The SMILES string of the molecule is COc1cccc(CNCCc2cnn(C)c2)n1. The average Bonchev–Trinajstić information content (AvgIpc) is 2.81. The Balaban J connectivity index is 1.74. The Morgan fingerprint density at radius 1 is 1.39 bits per heavy atom. The van der Waals surface area contributed by atoms with Gasteiger partial charge in [0.2, 0.25) is 5.88 Å². The third-order valence-corrected chi connectivity index (χ3v) is 2.65. The molecule has 0 aliphatic rings. The molecule has 1 N–H and O–H groups in total. The summed E-state index contributed by atoms with van der Waals surface area (Å²) in [6.45, 7) is 1.65. The summed E-state index contributed by atoms with van der Waals surface area (Å²) in [6.07, 6.45) is 4.90. The maximum Gasteiger partial charge on any atom is 0.213 e. The lowest BCUT2D eigenvalue weighted by Crippen LogP contribution is -2.17. The van der Waals surface area contributed by atoms with Gasteiger partial charge in [-0.15, -0.1) is 0 Å². The van der Waals surface area contributed by atoms with Crippen molar-refractivity contribution >= 4 is 0 Å². The van der Waals surface area contributed by atoms with Crippen molar-refractivity contribution in [2.45, 2.75) is 13.0 Å². The third kappa shape index (κ3) is 3.56. The Morgan fingerprint density at radius 3 is 3.00 bits per heavy atom. The van der Waals surface area contributed by atoms with Gasteiger partial charge in [-0.1, -0.05) is 6.07 Å². The van der Waals surface area contributed by atoms with Crippen molar-refractivity contribution in [2.75, 3.05) is 13.7 Å². The molecule has 0 amide bonds. The molecule has 0 bridgehead atoms. The van der Waals surface area contributed by atoms with Gasteiger partial charge in [-0.3, -0.25) is 4.68 Å². The van der Waals surface area contributed by atoms with E-state index in [0.29, 0.717) is 5.88 Å². The van der Waals surface area contributed by atoms with Crippen LogP contribution in [0.5, 0.6) is 5.88 Å². The summed E-state index contributed by atoms with van der Waals surface area (Å²) in [7, 11) is 3.55. The van der Waals surface area contributed by atoms with E-state index in [0.717, 1.165) is 25.2 Å². The highest BCUT2D eigenvalue weighted by atomic mass is 16.5. The van der Waals surface area contributed by atoms with E-state index in [1.165, 1.54) is 5.56 Å². The Kier molecular flexibility index (Phi) is 4.30. The van der Waals surface area contributed by atoms with Crippen molar-refractivity contribution in [2.24, 2.45) is 7.05 Å². The zero-order valence-corrected chi connectivity index (χ0v) is 10.8. The van der Waals surface area contributed by atoms with Crippen LogP contribution < -0.4 is 10.1 Å². The monoisotopic (exact) mass is 246 g/mol. The second-order valence-electron chi connectivity index (χ2n) is 4.12. The standard InChI is InChI=1S/C13H18N4O/c1-17-10-11(8-15-17)6-7-14-9-12-4-3-5-13(16-12)18-2/h3-5,8,10,14H,6-7,9H2,1-2H3. The van der Waals surface area contributed by atoms with Crippen LogP contribution in [0.25, 0.3) is 0 Å². The summed E-state index contributed by atoms with van der Waals surface area (Å²) < 4.78 is 6.90. The number of rotatable bonds is 6. The predicted molar refractivity (Wildman–Crippen MR) is 69.4 cm³/mol. The van der Waals surface area contributed by atoms with E-state index in [1.807, 2.05) is 42.3 Å². The molecule has 0 aromatic carbocycles. The molecule has 0 unspecified atom stereocenters. The van der Waals surface area contributed by atoms with Gasteiger partial charge in [0.1, 0.15) is 0 Å². The van der Waals surface area contributed by atoms with Crippen molar-refractivity contribution in [3.63, 3.8) is 0 Å². The molecule has 2 aromatic heterocycles. The van der Waals surface area contributed by atoms with E-state index in [4.69, 9.17) is 4.74 Å². The number of ether oxygens (including phenoxy) is 1. The van der Waals surface area contributed by atoms with Crippen LogP contribution in [0.15, 0.2) is 30.6 Å². The first-order valence-electron chi connectivity index (χ1n) is 5.96. The number of aryl methyl sites for hydroxylation is 1. The molecule has 0 spiro atoms. The molecular weight excluding hydrogens is 228 g/mol. The van der Waals surface area contributed by atoms with Gasteiger partial charge in [0.15, 0.2) is 0 Å². The predicted octanol–water partition coefficient (Wildman–Crippen LogP) is 1.16. The average molecular weight is 246 g/mol. The maximum atomic E-state index is 5.08. The van der Waals surface area contributed by atoms with E-state index in [9.17, 15) is 0 Å². The minimum absolute atomic E-state index is 0.654. The van der Waals surface area contributed by atoms with Crippen LogP contribution in [0, 0.1) is 0 Å². The molecule has 0 aliphatic carbocycles. The number of methoxy groups -OCH3 is 1. The normalized spacial score (nSPS) is 10.6. The zero-order valence-electron chi connectivity index (χ0n) is 10.8. The highest BCUT2D eigenvalue weighted by Crippen LogP contribution is 2.06. The Hall–Kier alpha value is -1.88. The smallest absolute Gasteiger partial charge is 0.213 e. The van der Waals surface area contributed by atoms with Crippen LogP contribution in [0.4, 0.5) is 0 Å². The van der Waals surface area contributed by atoms with Crippen LogP contribution in [-0.2, 0) is 20.0 Å². The first kappa shape index (κ1) is 12.6. The summed E-state index contributed by atoms with van der Waals surface area (Å²) in [5, 5.41) is 7.49. The lowest BCUT2D eigenvalue weighted by molar-refractivity contribution is 0.395. The number of hydrogen-bond acceptors (Lipinski definition) is 4. The number of pyridine rings is 1. The molecule has 0 aliphatic heterocycles. The number of hydrogen-bond donors (Lipinski definition) is 1. The second kappa shape index (κ2) is 6.16. The molecule has 5 nitrogen and oxygen atoms in total. The zero-order chi connectivity index (χ0) is 12.8. The molecule has 0 atom stereocenters. The highest BCUT2D eigenvalue weighted by Gasteiger charge is 1.98. The summed E-state index contributed by atoms with van der Waals surface area (Å²) in [6, 6.07) is 5.78. The van der Waals surface area contributed by atoms with Gasteiger partial charge in [0.25, 0.3) is 0 Å². The van der Waals surface area contributed by atoms with Crippen molar-refractivity contribution < 1.29 is 4.74 Å². The lowest BCUT2D eigenvalue weighted by atomic mass is 10.2. The van der Waals surface area contributed by atoms with E-state index < -0.39 is 0 Å². The second-order valence-corrected chi connectivity index (χ2v) is 4.12. The molecule has 18 heavy (non-hydrogen) atoms. The van der Waals surface area contributed by atoms with Gasteiger partial charge in [-0.25, -0.2) is 4.98 Å². The van der Waals surface area contributed by atoms with Gasteiger partial charge in [-0.2, -0.15) is 5.10 Å². The van der Waals surface area contributed by atoms with E-state index in [2.05, 4.69) is 15.4 Å². The van der Waals surface area contributed by atoms with Crippen LogP contribution in [0.1, 0.15) is 11.3 Å². The van der Waals surface area contributed by atoms with E-state index >= 15 is 0 Å². The van der Waals surface area contributed by atoms with Gasteiger partial charge < -0.3 is 10.1 Å². The lowest BCUT2D eigenvalue weighted by Gasteiger charge is -2.05. The summed E-state index contributed by atoms with van der Waals surface area (Å²) in [4.78, 5) is 4.34. The molecule has 0 fully saturated rings. The summed E-state index contributed by atoms with van der Waals surface area (Å²) >= 11 is 0. The van der Waals surface area contributed by atoms with Crippen LogP contribution in [0.2, 0.25) is 0 Å². The largest absolute Gasteiger partial charge is 0.481 e. The first-order valence-corrected chi connectivity index (χ1v) is 5.96. The molecule has 2 aromatic rings. The van der Waals surface area contributed by atoms with Gasteiger partial charge in [-0.05, 0) is 24.6 Å². The van der Waals surface area contributed by atoms with Crippen LogP contribution >= 0.6 is 0 Å². The van der Waals surface area contributed by atoms with Crippen molar-refractivity contribution in [3.05, 3.63) is 41.9 Å². The Bertz CT molecular complexity index is 495. The van der Waals surface area contributed by atoms with Crippen LogP contribution in [0.3, 0.4) is 0 Å². The van der Waals surface area contributed by atoms with Gasteiger partial charge >= 0.3 is 0 Å². The molecule has 5 heteroatoms. The molecule has 0 saturated carbocycles. The molecule has 0 radical (unpaired) electrons. The number of aromatic nitrogens is 3. The molecule has 2 rings (SSSR count). The molecular formula is C13H18N4O. The van der Waals surface area contributed by atoms with Crippen molar-refractivity contribution in [3.8, 4) is 5.88 Å². The molecule has 2 heterocycles. The highest BCUT2D eigenvalue weighted by molar-refractivity contribution is 5.15. The third-order valence-electron chi connectivity index (χ3n) is 2.65. The van der Waals surface area contributed by atoms with E-state index in [-0.39, 0.29) is 0 Å². The minimum atomic E-state index is 0.654. The van der Waals surface area contributed by atoms with Gasteiger partial charge in [0.05, 0.1) is 19.0 Å². The fraction of sp³-hybridized carbons (Fsp3) is 0.385. The summed E-state index contributed by atoms with van der Waals surface area (Å²) in [5.41, 5.74) is 2.23. The van der Waals surface area contributed by atoms with Crippen LogP contribution in [-0.4, -0.2) is 28.4 Å². The minimum Gasteiger partial charge on any atom is -0.481 e. The van der Waals surface area contributed by atoms with E-state index in [1.54, 1.807) is 7.11 Å². The number of nitrogens with one attached hydrogen (secondary N) is 1. The molecule has 96 valence electrons. The number of nitrogens with zero attached hydrogens (tertiary/aromatic N) is 3. The molecule has 0 saturated heterocycles. The topological polar surface area (TPSA) is 52.0 Å². The Morgan fingerprint density at radius 2 is 2.28 bits per heavy atom. The maximum absolute atomic E-state index is 5.08. The van der Waals surface area contributed by atoms with Crippen molar-refractivity contribution in [1.29, 1.82) is 0 Å². The first-order chi connectivity index (χ1) is 8.78. The van der Waals surface area contributed by atoms with Crippen molar-refractivity contribution in [1.82, 2.24) is 20.1 Å². The fourth-order valence-electron chi connectivity index (χ4n) is 1.72. The summed E-state index contributed by atoms with van der Waals surface area (Å²) in [5.74, 6) is 0.654. The fourth-order valence-corrected chi connectivity index (χ4v) is 1.72. The quantitative estimate of drug-likeness (QED) is 0.777. The Labute approximate surface area is 107 Å².